The van der Waals surface area contributed by atoms with Gasteiger partial charge in [-0.25, -0.2) is 15.0 Å². The van der Waals surface area contributed by atoms with Gasteiger partial charge in [0.1, 0.15) is 12.3 Å². The Bertz CT molecular complexity index is 825. The van der Waals surface area contributed by atoms with E-state index in [-0.39, 0.29) is 36.4 Å². The average molecular weight is 539 g/mol. The van der Waals surface area contributed by atoms with Crippen LogP contribution in [0.4, 0.5) is 5.95 Å². The lowest BCUT2D eigenvalue weighted by Gasteiger charge is -2.36. The van der Waals surface area contributed by atoms with Crippen molar-refractivity contribution in [3.05, 3.63) is 48.3 Å². The third kappa shape index (κ3) is 7.53. The Kier molecular flexibility index (Phi) is 10.3. The predicted octanol–water partition coefficient (Wildman–Crippen LogP) is 1.51. The fraction of sp³-hybridized carbons (Fsp3) is 0.429. The molecule has 0 aliphatic carbocycles. The van der Waals surface area contributed by atoms with Crippen LogP contribution in [-0.2, 0) is 11.3 Å². The minimum Gasteiger partial charge on any atom is -0.497 e. The number of guanidine groups is 1. The Balaban J connectivity index is 0.00000341. The standard InChI is InChI=1S/C21H29N7O2.HI/c1-3-22-20(27-11-13-28(14-12-27)21-23-9-4-10-24-21)26-16-19(29)25-15-17-5-7-18(30-2)8-6-17;/h4-10H,3,11-16H2,1-2H3,(H,22,26)(H,25,29);1H. The fourth-order valence-electron chi connectivity index (χ4n) is 3.15. The summed E-state index contributed by atoms with van der Waals surface area (Å²) in [6, 6.07) is 9.44. The van der Waals surface area contributed by atoms with E-state index < -0.39 is 0 Å². The number of benzene rings is 1. The van der Waals surface area contributed by atoms with Crippen molar-refractivity contribution < 1.29 is 9.53 Å². The number of anilines is 1. The molecule has 0 unspecified atom stereocenters. The van der Waals surface area contributed by atoms with Gasteiger partial charge in [0.15, 0.2) is 5.96 Å². The number of hydrogen-bond acceptors (Lipinski definition) is 6. The summed E-state index contributed by atoms with van der Waals surface area (Å²) in [5.74, 6) is 2.18. The highest BCUT2D eigenvalue weighted by molar-refractivity contribution is 14.0. The zero-order valence-electron chi connectivity index (χ0n) is 18.0. The molecule has 0 radical (unpaired) electrons. The number of carbonyl (C=O) groups is 1. The minimum atomic E-state index is -0.113. The average Bonchev–Trinajstić information content (AvgIpc) is 2.81. The minimum absolute atomic E-state index is 0. The fourth-order valence-corrected chi connectivity index (χ4v) is 3.15. The Labute approximate surface area is 200 Å². The molecule has 1 fully saturated rings. The zero-order chi connectivity index (χ0) is 21.2. The van der Waals surface area contributed by atoms with E-state index in [0.29, 0.717) is 6.54 Å². The lowest BCUT2D eigenvalue weighted by molar-refractivity contribution is -0.119. The van der Waals surface area contributed by atoms with Crippen LogP contribution >= 0.6 is 24.0 Å². The molecule has 2 heterocycles. The van der Waals surface area contributed by atoms with Gasteiger partial charge in [0, 0.05) is 51.7 Å². The molecule has 0 saturated carbocycles. The molecular formula is C21H30IN7O2. The maximum atomic E-state index is 12.3. The van der Waals surface area contributed by atoms with Gasteiger partial charge in [0.25, 0.3) is 0 Å². The van der Waals surface area contributed by atoms with E-state index in [4.69, 9.17) is 4.74 Å². The topological polar surface area (TPSA) is 95.0 Å². The van der Waals surface area contributed by atoms with Crippen LogP contribution in [-0.4, -0.2) is 73.1 Å². The number of aliphatic imine (C=N–C) groups is 1. The van der Waals surface area contributed by atoms with Gasteiger partial charge < -0.3 is 25.2 Å². The van der Waals surface area contributed by atoms with E-state index in [2.05, 4.69) is 35.4 Å². The molecule has 3 rings (SSSR count). The predicted molar refractivity (Wildman–Crippen MR) is 132 cm³/mol. The summed E-state index contributed by atoms with van der Waals surface area (Å²) >= 11 is 0. The first-order valence-electron chi connectivity index (χ1n) is 10.1. The summed E-state index contributed by atoms with van der Waals surface area (Å²) in [6.45, 7) is 6.50. The molecule has 31 heavy (non-hydrogen) atoms. The van der Waals surface area contributed by atoms with E-state index in [1.165, 1.54) is 0 Å². The van der Waals surface area contributed by atoms with Crippen molar-refractivity contribution in [3.8, 4) is 5.75 Å². The van der Waals surface area contributed by atoms with Crippen LogP contribution < -0.4 is 20.3 Å². The summed E-state index contributed by atoms with van der Waals surface area (Å²) in [5, 5.41) is 6.19. The number of nitrogens with zero attached hydrogens (tertiary/aromatic N) is 5. The molecule has 9 nitrogen and oxygen atoms in total. The molecule has 10 heteroatoms. The molecule has 1 aliphatic rings. The number of rotatable bonds is 7. The molecule has 0 spiro atoms. The van der Waals surface area contributed by atoms with Crippen molar-refractivity contribution in [1.29, 1.82) is 0 Å². The van der Waals surface area contributed by atoms with Crippen molar-refractivity contribution in [3.63, 3.8) is 0 Å². The summed E-state index contributed by atoms with van der Waals surface area (Å²) in [4.78, 5) is 29.7. The van der Waals surface area contributed by atoms with E-state index in [9.17, 15) is 4.79 Å². The maximum Gasteiger partial charge on any atom is 0.242 e. The highest BCUT2D eigenvalue weighted by Gasteiger charge is 2.21. The first-order valence-corrected chi connectivity index (χ1v) is 10.1. The van der Waals surface area contributed by atoms with Gasteiger partial charge in [-0.15, -0.1) is 24.0 Å². The van der Waals surface area contributed by atoms with Crippen LogP contribution in [0, 0.1) is 0 Å². The second-order valence-electron chi connectivity index (χ2n) is 6.82. The molecule has 1 saturated heterocycles. The van der Waals surface area contributed by atoms with Crippen LogP contribution in [0.3, 0.4) is 0 Å². The Morgan fingerprint density at radius 3 is 2.39 bits per heavy atom. The summed E-state index contributed by atoms with van der Waals surface area (Å²) < 4.78 is 5.15. The molecule has 1 aromatic carbocycles. The van der Waals surface area contributed by atoms with Gasteiger partial charge >= 0.3 is 0 Å². The lowest BCUT2D eigenvalue weighted by Crippen LogP contribution is -2.53. The number of amides is 1. The molecule has 1 aliphatic heterocycles. The maximum absolute atomic E-state index is 12.3. The first kappa shape index (κ1) is 24.6. The van der Waals surface area contributed by atoms with E-state index in [0.717, 1.165) is 55.9 Å². The Hall–Kier alpha value is -2.63. The summed E-state index contributed by atoms with van der Waals surface area (Å²) in [5.41, 5.74) is 1.01. The molecule has 1 amide bonds. The number of ether oxygens (including phenoxy) is 1. The van der Waals surface area contributed by atoms with E-state index >= 15 is 0 Å². The number of methoxy groups -OCH3 is 1. The van der Waals surface area contributed by atoms with E-state index in [1.807, 2.05) is 37.3 Å². The van der Waals surface area contributed by atoms with Gasteiger partial charge in [-0.3, -0.25) is 4.79 Å². The monoisotopic (exact) mass is 539 g/mol. The Morgan fingerprint density at radius 1 is 1.10 bits per heavy atom. The summed E-state index contributed by atoms with van der Waals surface area (Å²) in [7, 11) is 1.63. The Morgan fingerprint density at radius 2 is 1.77 bits per heavy atom. The van der Waals surface area contributed by atoms with Crippen LogP contribution in [0.2, 0.25) is 0 Å². The van der Waals surface area contributed by atoms with Gasteiger partial charge in [0.05, 0.1) is 7.11 Å². The molecule has 0 bridgehead atoms. The number of piperazine rings is 1. The number of nitrogens with one attached hydrogen (secondary N) is 2. The molecule has 2 N–H and O–H groups in total. The molecule has 168 valence electrons. The SMILES string of the molecule is CCNC(=NCC(=O)NCc1ccc(OC)cc1)N1CCN(c2ncccn2)CC1.I. The van der Waals surface area contributed by atoms with Crippen molar-refractivity contribution in [1.82, 2.24) is 25.5 Å². The second-order valence-corrected chi connectivity index (χ2v) is 6.82. The summed E-state index contributed by atoms with van der Waals surface area (Å²) in [6.07, 6.45) is 3.51. The molecular weight excluding hydrogens is 509 g/mol. The third-order valence-electron chi connectivity index (χ3n) is 4.77. The van der Waals surface area contributed by atoms with Crippen LogP contribution in [0.15, 0.2) is 47.7 Å². The third-order valence-corrected chi connectivity index (χ3v) is 4.77. The number of aromatic nitrogens is 2. The molecule has 1 aromatic heterocycles. The van der Waals surface area contributed by atoms with Crippen molar-refractivity contribution in [2.45, 2.75) is 13.5 Å². The van der Waals surface area contributed by atoms with Gasteiger partial charge in [-0.2, -0.15) is 0 Å². The van der Waals surface area contributed by atoms with Crippen LogP contribution in [0.1, 0.15) is 12.5 Å². The van der Waals surface area contributed by atoms with Gasteiger partial charge in [-0.1, -0.05) is 12.1 Å². The molecule has 2 aromatic rings. The highest BCUT2D eigenvalue weighted by Crippen LogP contribution is 2.11. The highest BCUT2D eigenvalue weighted by atomic mass is 127. The number of hydrogen-bond donors (Lipinski definition) is 2. The van der Waals surface area contributed by atoms with Crippen molar-refractivity contribution in [2.75, 3.05) is 51.3 Å². The van der Waals surface area contributed by atoms with Crippen LogP contribution in [0.25, 0.3) is 0 Å². The lowest BCUT2D eigenvalue weighted by atomic mass is 10.2. The zero-order valence-corrected chi connectivity index (χ0v) is 20.3. The number of halogens is 1. The van der Waals surface area contributed by atoms with Crippen LogP contribution in [0.5, 0.6) is 5.75 Å². The quantitative estimate of drug-likeness (QED) is 0.313. The largest absolute Gasteiger partial charge is 0.497 e. The second kappa shape index (κ2) is 12.9. The van der Waals surface area contributed by atoms with Crippen molar-refractivity contribution >= 4 is 41.8 Å². The smallest absolute Gasteiger partial charge is 0.242 e. The molecule has 0 atom stereocenters. The number of carbonyl (C=O) groups excluding carboxylic acids is 1. The normalized spacial score (nSPS) is 13.9. The first-order chi connectivity index (χ1) is 14.7. The van der Waals surface area contributed by atoms with Crippen molar-refractivity contribution in [2.24, 2.45) is 4.99 Å². The van der Waals surface area contributed by atoms with E-state index in [1.54, 1.807) is 19.5 Å². The van der Waals surface area contributed by atoms with Gasteiger partial charge in [0.2, 0.25) is 11.9 Å². The van der Waals surface area contributed by atoms with Gasteiger partial charge in [-0.05, 0) is 30.7 Å².